The lowest BCUT2D eigenvalue weighted by atomic mass is 9.94. The first-order chi connectivity index (χ1) is 8.78. The summed E-state index contributed by atoms with van der Waals surface area (Å²) in [5.41, 5.74) is 0. The molecule has 0 amide bonds. The molecule has 18 heavy (non-hydrogen) atoms. The van der Waals surface area contributed by atoms with E-state index in [-0.39, 0.29) is 0 Å². The molecule has 0 radical (unpaired) electrons. The zero-order chi connectivity index (χ0) is 12.8. The number of nitrogens with one attached hydrogen (secondary N) is 1. The van der Waals surface area contributed by atoms with Crippen molar-refractivity contribution in [3.63, 3.8) is 0 Å². The Morgan fingerprint density at radius 3 is 2.83 bits per heavy atom. The van der Waals surface area contributed by atoms with E-state index in [1.54, 1.807) is 0 Å². The SMILES string of the molecule is CCCC1CN=C(NCCC2CCN(C)CC2)S1. The number of amidine groups is 1. The van der Waals surface area contributed by atoms with Gasteiger partial charge in [-0.25, -0.2) is 0 Å². The molecule has 0 spiro atoms. The summed E-state index contributed by atoms with van der Waals surface area (Å²) >= 11 is 1.95. The summed E-state index contributed by atoms with van der Waals surface area (Å²) in [4.78, 5) is 7.03. The fraction of sp³-hybridized carbons (Fsp3) is 0.929. The van der Waals surface area contributed by atoms with Crippen molar-refractivity contribution in [1.82, 2.24) is 10.2 Å². The molecule has 2 rings (SSSR count). The number of rotatable bonds is 5. The number of aliphatic imine (C=N–C) groups is 1. The molecule has 0 aromatic rings. The van der Waals surface area contributed by atoms with Gasteiger partial charge >= 0.3 is 0 Å². The summed E-state index contributed by atoms with van der Waals surface area (Å²) in [5.74, 6) is 0.923. The zero-order valence-electron chi connectivity index (χ0n) is 11.8. The molecule has 4 heteroatoms. The minimum absolute atomic E-state index is 0.737. The monoisotopic (exact) mass is 269 g/mol. The number of nitrogens with zero attached hydrogens (tertiary/aromatic N) is 2. The number of likely N-dealkylation sites (tertiary alicyclic amines) is 1. The average Bonchev–Trinajstić information content (AvgIpc) is 2.80. The van der Waals surface area contributed by atoms with Crippen LogP contribution in [0.3, 0.4) is 0 Å². The molecule has 2 heterocycles. The maximum absolute atomic E-state index is 4.59. The Labute approximate surface area is 116 Å². The van der Waals surface area contributed by atoms with E-state index in [1.165, 1.54) is 50.4 Å². The lowest BCUT2D eigenvalue weighted by Gasteiger charge is -2.28. The average molecular weight is 269 g/mol. The summed E-state index contributed by atoms with van der Waals surface area (Å²) in [6.45, 7) is 6.94. The predicted octanol–water partition coefficient (Wildman–Crippen LogP) is 2.58. The second-order valence-electron chi connectivity index (χ2n) is 5.64. The van der Waals surface area contributed by atoms with Crippen LogP contribution in [0.2, 0.25) is 0 Å². The first kappa shape index (κ1) is 14.2. The second kappa shape index (κ2) is 7.39. The molecule has 1 unspecified atom stereocenters. The van der Waals surface area contributed by atoms with Crippen LogP contribution in [0.15, 0.2) is 4.99 Å². The van der Waals surface area contributed by atoms with Crippen molar-refractivity contribution in [1.29, 1.82) is 0 Å². The lowest BCUT2D eigenvalue weighted by Crippen LogP contribution is -2.32. The number of hydrogen-bond acceptors (Lipinski definition) is 4. The van der Waals surface area contributed by atoms with Crippen molar-refractivity contribution in [2.45, 2.75) is 44.3 Å². The van der Waals surface area contributed by atoms with Crippen LogP contribution in [0, 0.1) is 5.92 Å². The standard InChI is InChI=1S/C14H27N3S/c1-3-4-13-11-16-14(18-13)15-8-5-12-6-9-17(2)10-7-12/h12-13H,3-11H2,1-2H3,(H,15,16). The Kier molecular flexibility index (Phi) is 5.83. The second-order valence-corrected chi connectivity index (χ2v) is 6.93. The smallest absolute Gasteiger partial charge is 0.156 e. The fourth-order valence-corrected chi connectivity index (χ4v) is 3.87. The zero-order valence-corrected chi connectivity index (χ0v) is 12.6. The molecular weight excluding hydrogens is 242 g/mol. The van der Waals surface area contributed by atoms with Crippen LogP contribution < -0.4 is 5.32 Å². The van der Waals surface area contributed by atoms with Crippen LogP contribution in [-0.2, 0) is 0 Å². The van der Waals surface area contributed by atoms with E-state index < -0.39 is 0 Å². The van der Waals surface area contributed by atoms with E-state index in [0.29, 0.717) is 0 Å². The lowest BCUT2D eigenvalue weighted by molar-refractivity contribution is 0.213. The molecule has 0 bridgehead atoms. The fourth-order valence-electron chi connectivity index (χ4n) is 2.72. The maximum Gasteiger partial charge on any atom is 0.156 e. The summed E-state index contributed by atoms with van der Waals surface area (Å²) in [5, 5.41) is 5.46. The van der Waals surface area contributed by atoms with Gasteiger partial charge in [-0.3, -0.25) is 4.99 Å². The maximum atomic E-state index is 4.59. The summed E-state index contributed by atoms with van der Waals surface area (Å²) in [6, 6.07) is 0. The molecule has 0 saturated carbocycles. The highest BCUT2D eigenvalue weighted by Crippen LogP contribution is 2.24. The van der Waals surface area contributed by atoms with E-state index in [0.717, 1.165) is 24.3 Å². The Morgan fingerprint density at radius 2 is 2.11 bits per heavy atom. The Bertz CT molecular complexity index is 272. The first-order valence-electron chi connectivity index (χ1n) is 7.41. The largest absolute Gasteiger partial charge is 0.365 e. The van der Waals surface area contributed by atoms with Gasteiger partial charge in [0.1, 0.15) is 0 Å². The van der Waals surface area contributed by atoms with E-state index in [4.69, 9.17) is 0 Å². The van der Waals surface area contributed by atoms with Gasteiger partial charge in [0.05, 0.1) is 6.54 Å². The summed E-state index contributed by atoms with van der Waals surface area (Å²) < 4.78 is 0. The van der Waals surface area contributed by atoms with Crippen molar-refractivity contribution >= 4 is 16.9 Å². The minimum atomic E-state index is 0.737. The minimum Gasteiger partial charge on any atom is -0.365 e. The molecule has 0 aromatic heterocycles. The predicted molar refractivity (Wildman–Crippen MR) is 81.4 cm³/mol. The van der Waals surface area contributed by atoms with Gasteiger partial charge in [0.15, 0.2) is 5.17 Å². The molecule has 2 aliphatic rings. The Balaban J connectivity index is 1.56. The quantitative estimate of drug-likeness (QED) is 0.831. The Morgan fingerprint density at radius 1 is 1.33 bits per heavy atom. The third kappa shape index (κ3) is 4.47. The van der Waals surface area contributed by atoms with E-state index in [9.17, 15) is 0 Å². The van der Waals surface area contributed by atoms with Crippen molar-refractivity contribution in [2.75, 3.05) is 33.2 Å². The van der Waals surface area contributed by atoms with Gasteiger partial charge in [-0.05, 0) is 51.7 Å². The Hall–Kier alpha value is -0.220. The van der Waals surface area contributed by atoms with Crippen LogP contribution in [0.25, 0.3) is 0 Å². The third-order valence-electron chi connectivity index (χ3n) is 3.99. The number of piperidine rings is 1. The molecule has 1 saturated heterocycles. The molecule has 0 aromatic carbocycles. The first-order valence-corrected chi connectivity index (χ1v) is 8.29. The van der Waals surface area contributed by atoms with Crippen LogP contribution >= 0.6 is 11.8 Å². The van der Waals surface area contributed by atoms with Gasteiger partial charge in [-0.2, -0.15) is 0 Å². The highest BCUT2D eigenvalue weighted by atomic mass is 32.2. The van der Waals surface area contributed by atoms with Crippen molar-refractivity contribution in [3.8, 4) is 0 Å². The van der Waals surface area contributed by atoms with Crippen LogP contribution in [-0.4, -0.2) is 48.5 Å². The molecule has 3 nitrogen and oxygen atoms in total. The van der Waals surface area contributed by atoms with Gasteiger partial charge in [0.25, 0.3) is 0 Å². The van der Waals surface area contributed by atoms with Crippen LogP contribution in [0.5, 0.6) is 0 Å². The molecular formula is C14H27N3S. The van der Waals surface area contributed by atoms with E-state index in [1.807, 2.05) is 11.8 Å². The van der Waals surface area contributed by atoms with Gasteiger partial charge in [0, 0.05) is 11.8 Å². The van der Waals surface area contributed by atoms with Gasteiger partial charge < -0.3 is 10.2 Å². The van der Waals surface area contributed by atoms with E-state index in [2.05, 4.69) is 29.2 Å². The molecule has 1 N–H and O–H groups in total. The van der Waals surface area contributed by atoms with Crippen LogP contribution in [0.1, 0.15) is 39.0 Å². The summed E-state index contributed by atoms with van der Waals surface area (Å²) in [7, 11) is 2.23. The normalized spacial score (nSPS) is 26.3. The molecule has 1 atom stereocenters. The molecule has 0 aliphatic carbocycles. The highest BCUT2D eigenvalue weighted by Gasteiger charge is 2.19. The number of hydrogen-bond donors (Lipinski definition) is 1. The van der Waals surface area contributed by atoms with Gasteiger partial charge in [-0.1, -0.05) is 25.1 Å². The van der Waals surface area contributed by atoms with Gasteiger partial charge in [0.2, 0.25) is 0 Å². The van der Waals surface area contributed by atoms with Gasteiger partial charge in [-0.15, -0.1) is 0 Å². The van der Waals surface area contributed by atoms with Crippen LogP contribution in [0.4, 0.5) is 0 Å². The van der Waals surface area contributed by atoms with Crippen molar-refractivity contribution in [3.05, 3.63) is 0 Å². The molecule has 2 aliphatic heterocycles. The van der Waals surface area contributed by atoms with Crippen molar-refractivity contribution in [2.24, 2.45) is 10.9 Å². The van der Waals surface area contributed by atoms with E-state index >= 15 is 0 Å². The topological polar surface area (TPSA) is 27.6 Å². The third-order valence-corrected chi connectivity index (χ3v) is 5.21. The summed E-state index contributed by atoms with van der Waals surface area (Å²) in [6.07, 6.45) is 6.63. The molecule has 1 fully saturated rings. The number of thioether (sulfide) groups is 1. The molecule has 104 valence electrons. The van der Waals surface area contributed by atoms with Crippen molar-refractivity contribution < 1.29 is 0 Å². The highest BCUT2D eigenvalue weighted by molar-refractivity contribution is 8.14.